The minimum Gasteiger partial charge on any atom is -0.329 e. The molecule has 0 spiro atoms. The smallest absolute Gasteiger partial charge is 0.112 e. The second-order valence-electron chi connectivity index (χ2n) is 4.10. The number of fused-ring (bicyclic) bond motifs is 1. The van der Waals surface area contributed by atoms with Gasteiger partial charge in [-0.15, -0.1) is 0 Å². The van der Waals surface area contributed by atoms with E-state index in [-0.39, 0.29) is 0 Å². The zero-order valence-electron chi connectivity index (χ0n) is 8.01. The Kier molecular flexibility index (Phi) is 1.50. The minimum atomic E-state index is 0.783. The van der Waals surface area contributed by atoms with Gasteiger partial charge in [0.05, 0.1) is 11.4 Å². The summed E-state index contributed by atoms with van der Waals surface area (Å²) in [5.41, 5.74) is 2.64. The molecule has 0 bridgehead atoms. The van der Waals surface area contributed by atoms with Gasteiger partial charge >= 0.3 is 0 Å². The van der Waals surface area contributed by atoms with E-state index in [4.69, 9.17) is 0 Å². The van der Waals surface area contributed by atoms with Crippen LogP contribution in [0.3, 0.4) is 0 Å². The van der Waals surface area contributed by atoms with Crippen molar-refractivity contribution in [2.75, 3.05) is 6.54 Å². The summed E-state index contributed by atoms with van der Waals surface area (Å²) in [7, 11) is 0. The molecule has 2 aliphatic rings. The molecule has 1 saturated carbocycles. The number of nitrogens with one attached hydrogen (secondary N) is 1. The highest BCUT2D eigenvalue weighted by atomic mass is 15.2. The van der Waals surface area contributed by atoms with Crippen molar-refractivity contribution in [1.82, 2.24) is 14.9 Å². The first kappa shape index (κ1) is 7.56. The Bertz CT molecular complexity index is 336. The van der Waals surface area contributed by atoms with Gasteiger partial charge in [0.15, 0.2) is 0 Å². The van der Waals surface area contributed by atoms with Crippen molar-refractivity contribution in [2.24, 2.45) is 0 Å². The number of aryl methyl sites for hydroxylation is 1. The van der Waals surface area contributed by atoms with Crippen LogP contribution in [0.5, 0.6) is 0 Å². The Labute approximate surface area is 78.2 Å². The summed E-state index contributed by atoms with van der Waals surface area (Å²) >= 11 is 0. The highest BCUT2D eigenvalue weighted by molar-refractivity contribution is 5.21. The van der Waals surface area contributed by atoms with E-state index in [1.54, 1.807) is 0 Å². The Balaban J connectivity index is 2.09. The van der Waals surface area contributed by atoms with Gasteiger partial charge in [-0.05, 0) is 19.8 Å². The summed E-state index contributed by atoms with van der Waals surface area (Å²) in [6.07, 6.45) is 2.70. The quantitative estimate of drug-likeness (QED) is 0.698. The summed E-state index contributed by atoms with van der Waals surface area (Å²) in [5.74, 6) is 2.14. The van der Waals surface area contributed by atoms with Gasteiger partial charge in [0, 0.05) is 25.6 Å². The predicted molar refractivity (Wildman–Crippen MR) is 50.6 cm³/mol. The van der Waals surface area contributed by atoms with E-state index >= 15 is 0 Å². The van der Waals surface area contributed by atoms with Crippen molar-refractivity contribution >= 4 is 0 Å². The van der Waals surface area contributed by atoms with Crippen LogP contribution in [0, 0.1) is 6.92 Å². The molecule has 1 aromatic rings. The van der Waals surface area contributed by atoms with Crippen LogP contribution in [-0.4, -0.2) is 16.1 Å². The number of hydrogen-bond donors (Lipinski definition) is 1. The van der Waals surface area contributed by atoms with E-state index in [1.807, 2.05) is 0 Å². The van der Waals surface area contributed by atoms with Crippen LogP contribution in [0.4, 0.5) is 0 Å². The molecule has 1 N–H and O–H groups in total. The third-order valence-corrected chi connectivity index (χ3v) is 3.05. The first-order valence-corrected chi connectivity index (χ1v) is 5.13. The Morgan fingerprint density at radius 2 is 2.31 bits per heavy atom. The Hall–Kier alpha value is -0.830. The molecule has 13 heavy (non-hydrogen) atoms. The van der Waals surface area contributed by atoms with Crippen LogP contribution in [0.2, 0.25) is 0 Å². The molecule has 3 rings (SSSR count). The van der Waals surface area contributed by atoms with Crippen LogP contribution in [0.1, 0.15) is 36.0 Å². The van der Waals surface area contributed by atoms with Crippen molar-refractivity contribution in [1.29, 1.82) is 0 Å². The summed E-state index contributed by atoms with van der Waals surface area (Å²) in [6.45, 7) is 5.35. The molecule has 3 nitrogen and oxygen atoms in total. The van der Waals surface area contributed by atoms with Crippen LogP contribution in [0.15, 0.2) is 0 Å². The Morgan fingerprint density at radius 1 is 1.46 bits per heavy atom. The fraction of sp³-hybridized carbons (Fsp3) is 0.700. The molecule has 1 aliphatic heterocycles. The molecule has 70 valence electrons. The predicted octanol–water partition coefficient (Wildman–Crippen LogP) is 1.17. The first-order chi connectivity index (χ1) is 6.36. The molecule has 0 radical (unpaired) electrons. The monoisotopic (exact) mass is 177 g/mol. The van der Waals surface area contributed by atoms with Gasteiger partial charge in [-0.3, -0.25) is 0 Å². The normalized spacial score (nSPS) is 21.6. The van der Waals surface area contributed by atoms with Crippen molar-refractivity contribution in [3.8, 4) is 0 Å². The maximum absolute atomic E-state index is 4.68. The maximum atomic E-state index is 4.68. The first-order valence-electron chi connectivity index (χ1n) is 5.13. The molecular formula is C10H15N3. The van der Waals surface area contributed by atoms with Crippen molar-refractivity contribution in [3.05, 3.63) is 17.2 Å². The summed E-state index contributed by atoms with van der Waals surface area (Å²) in [6, 6.07) is 0. The average molecular weight is 177 g/mol. The fourth-order valence-electron chi connectivity index (χ4n) is 2.15. The summed E-state index contributed by atoms with van der Waals surface area (Å²) in [4.78, 5) is 4.68. The average Bonchev–Trinajstić information content (AvgIpc) is 2.94. The standard InChI is InChI=1S/C10H15N3/c1-7-9-6-11-4-5-13(9)10(12-7)8-2-3-8/h8,11H,2-6H2,1H3. The van der Waals surface area contributed by atoms with Gasteiger partial charge in [0.1, 0.15) is 5.82 Å². The molecular weight excluding hydrogens is 162 g/mol. The second kappa shape index (κ2) is 2.58. The topological polar surface area (TPSA) is 29.9 Å². The van der Waals surface area contributed by atoms with Crippen LogP contribution in [0.25, 0.3) is 0 Å². The molecule has 1 aliphatic carbocycles. The lowest BCUT2D eigenvalue weighted by molar-refractivity contribution is 0.500. The molecule has 1 fully saturated rings. The molecule has 2 heterocycles. The number of rotatable bonds is 1. The van der Waals surface area contributed by atoms with Gasteiger partial charge < -0.3 is 9.88 Å². The fourth-order valence-corrected chi connectivity index (χ4v) is 2.15. The number of nitrogens with zero attached hydrogens (tertiary/aromatic N) is 2. The molecule has 0 unspecified atom stereocenters. The van der Waals surface area contributed by atoms with E-state index in [1.165, 1.54) is 30.1 Å². The molecule has 0 atom stereocenters. The largest absolute Gasteiger partial charge is 0.329 e. The third-order valence-electron chi connectivity index (χ3n) is 3.05. The molecule has 0 aromatic carbocycles. The summed E-state index contributed by atoms with van der Waals surface area (Å²) < 4.78 is 2.43. The lowest BCUT2D eigenvalue weighted by Crippen LogP contribution is -2.28. The van der Waals surface area contributed by atoms with Crippen LogP contribution >= 0.6 is 0 Å². The van der Waals surface area contributed by atoms with E-state index in [2.05, 4.69) is 21.8 Å². The molecule has 0 saturated heterocycles. The number of hydrogen-bond acceptors (Lipinski definition) is 2. The molecule has 3 heteroatoms. The SMILES string of the molecule is Cc1nc(C2CC2)n2c1CNCC2. The van der Waals surface area contributed by atoms with Gasteiger partial charge in [-0.1, -0.05) is 0 Å². The van der Waals surface area contributed by atoms with Crippen LogP contribution in [-0.2, 0) is 13.1 Å². The number of imidazole rings is 1. The van der Waals surface area contributed by atoms with E-state index < -0.39 is 0 Å². The van der Waals surface area contributed by atoms with Crippen LogP contribution < -0.4 is 5.32 Å². The van der Waals surface area contributed by atoms with E-state index in [9.17, 15) is 0 Å². The lowest BCUT2D eigenvalue weighted by atomic mass is 10.3. The maximum Gasteiger partial charge on any atom is 0.112 e. The highest BCUT2D eigenvalue weighted by Gasteiger charge is 2.30. The number of aromatic nitrogens is 2. The van der Waals surface area contributed by atoms with Crippen molar-refractivity contribution in [3.63, 3.8) is 0 Å². The van der Waals surface area contributed by atoms with Gasteiger partial charge in [-0.25, -0.2) is 4.98 Å². The minimum absolute atomic E-state index is 0.783. The van der Waals surface area contributed by atoms with Crippen molar-refractivity contribution in [2.45, 2.75) is 38.8 Å². The second-order valence-corrected chi connectivity index (χ2v) is 4.10. The molecule has 1 aromatic heterocycles. The van der Waals surface area contributed by atoms with Gasteiger partial charge in [0.25, 0.3) is 0 Å². The van der Waals surface area contributed by atoms with E-state index in [0.29, 0.717) is 0 Å². The van der Waals surface area contributed by atoms with E-state index in [0.717, 1.165) is 25.6 Å². The summed E-state index contributed by atoms with van der Waals surface area (Å²) in [5, 5.41) is 3.39. The lowest BCUT2D eigenvalue weighted by Gasteiger charge is -2.18. The third kappa shape index (κ3) is 1.10. The highest BCUT2D eigenvalue weighted by Crippen LogP contribution is 2.40. The van der Waals surface area contributed by atoms with Gasteiger partial charge in [0.2, 0.25) is 0 Å². The zero-order valence-corrected chi connectivity index (χ0v) is 8.01. The zero-order chi connectivity index (χ0) is 8.84. The molecule has 0 amide bonds. The van der Waals surface area contributed by atoms with Gasteiger partial charge in [-0.2, -0.15) is 0 Å². The Morgan fingerprint density at radius 3 is 3.08 bits per heavy atom. The van der Waals surface area contributed by atoms with Crippen molar-refractivity contribution < 1.29 is 0 Å².